The summed E-state index contributed by atoms with van der Waals surface area (Å²) in [6.45, 7) is 6.89. The van der Waals surface area contributed by atoms with Crippen LogP contribution in [0.4, 0.5) is 10.5 Å². The van der Waals surface area contributed by atoms with Crippen LogP contribution >= 0.6 is 0 Å². The average molecular weight is 502 g/mol. The number of para-hydroxylation sites is 1. The quantitative estimate of drug-likeness (QED) is 0.284. The Kier molecular flexibility index (Phi) is 8.25. The Morgan fingerprint density at radius 3 is 2.35 bits per heavy atom. The molecule has 0 aliphatic heterocycles. The van der Waals surface area contributed by atoms with Crippen LogP contribution in [0.3, 0.4) is 0 Å². The van der Waals surface area contributed by atoms with Crippen molar-refractivity contribution in [3.8, 4) is 17.2 Å². The summed E-state index contributed by atoms with van der Waals surface area (Å²) in [7, 11) is 0. The normalized spacial score (nSPS) is 10.8. The van der Waals surface area contributed by atoms with E-state index >= 15 is 0 Å². The third kappa shape index (κ3) is 6.70. The van der Waals surface area contributed by atoms with Gasteiger partial charge in [0.2, 0.25) is 0 Å². The first-order chi connectivity index (χ1) is 17.5. The Morgan fingerprint density at radius 1 is 1.05 bits per heavy atom. The Labute approximate surface area is 215 Å². The molecule has 0 saturated carbocycles. The molecule has 37 heavy (non-hydrogen) atoms. The number of carbonyl (C=O) groups excluding carboxylic acids is 2. The van der Waals surface area contributed by atoms with Crippen LogP contribution in [0.15, 0.2) is 66.7 Å². The van der Waals surface area contributed by atoms with Crippen molar-refractivity contribution in [2.75, 3.05) is 4.90 Å². The second-order valence-electron chi connectivity index (χ2n) is 9.19. The Bertz CT molecular complexity index is 1360. The van der Waals surface area contributed by atoms with Gasteiger partial charge in [-0.05, 0) is 61.6 Å². The summed E-state index contributed by atoms with van der Waals surface area (Å²) >= 11 is 0. The van der Waals surface area contributed by atoms with Crippen LogP contribution in [0.1, 0.15) is 54.7 Å². The summed E-state index contributed by atoms with van der Waals surface area (Å²) < 4.78 is 5.63. The molecule has 190 valence electrons. The number of anilines is 1. The molecule has 0 atom stereocenters. The fraction of sp³-hybridized carbons (Fsp3) is 0.250. The third-order valence-electron chi connectivity index (χ3n) is 5.39. The molecule has 0 saturated heterocycles. The number of rotatable bonds is 7. The molecule has 0 radical (unpaired) electrons. The van der Waals surface area contributed by atoms with Crippen LogP contribution in [0.2, 0.25) is 0 Å². The molecule has 0 aliphatic carbocycles. The minimum absolute atomic E-state index is 0.0611. The zero-order chi connectivity index (χ0) is 27.2. The van der Waals surface area contributed by atoms with Crippen molar-refractivity contribution in [1.29, 1.82) is 5.26 Å². The predicted octanol–water partition coefficient (Wildman–Crippen LogP) is 6.08. The number of amides is 1. The van der Waals surface area contributed by atoms with E-state index in [-0.39, 0.29) is 17.8 Å². The number of ether oxygens (including phenoxy) is 1. The maximum atomic E-state index is 13.4. The largest absolute Gasteiger partial charge is 0.443 e. The van der Waals surface area contributed by atoms with E-state index in [2.05, 4.69) is 10.9 Å². The highest BCUT2D eigenvalue weighted by molar-refractivity contribution is 6.01. The van der Waals surface area contributed by atoms with Crippen molar-refractivity contribution in [2.45, 2.75) is 46.3 Å². The highest BCUT2D eigenvalue weighted by Gasteiger charge is 2.30. The summed E-state index contributed by atoms with van der Waals surface area (Å²) in [5.41, 5.74) is 2.35. The molecule has 0 fully saturated rings. The maximum absolute atomic E-state index is 13.4. The minimum atomic E-state index is -1.21. The summed E-state index contributed by atoms with van der Waals surface area (Å²) in [6.07, 6.45) is -0.334. The fourth-order valence-electron chi connectivity index (χ4n) is 3.86. The van der Waals surface area contributed by atoms with E-state index < -0.39 is 22.8 Å². The van der Waals surface area contributed by atoms with Gasteiger partial charge in [0.15, 0.2) is 0 Å². The van der Waals surface area contributed by atoms with Crippen molar-refractivity contribution in [3.05, 3.63) is 99.1 Å². The van der Waals surface area contributed by atoms with Gasteiger partial charge in [0.1, 0.15) is 5.60 Å². The van der Waals surface area contributed by atoms with Gasteiger partial charge in [0.05, 0.1) is 29.4 Å². The van der Waals surface area contributed by atoms with Crippen molar-refractivity contribution in [1.82, 2.24) is 0 Å². The van der Waals surface area contributed by atoms with Crippen molar-refractivity contribution in [3.63, 3.8) is 0 Å². The minimum Gasteiger partial charge on any atom is -0.443 e. The van der Waals surface area contributed by atoms with Crippen molar-refractivity contribution >= 4 is 17.7 Å². The van der Waals surface area contributed by atoms with E-state index in [0.29, 0.717) is 23.1 Å². The van der Waals surface area contributed by atoms with Crippen LogP contribution in [-0.4, -0.2) is 22.8 Å². The zero-order valence-corrected chi connectivity index (χ0v) is 21.1. The second kappa shape index (κ2) is 11.4. The third-order valence-corrected chi connectivity index (χ3v) is 5.39. The van der Waals surface area contributed by atoms with Gasteiger partial charge in [0.25, 0.3) is 0 Å². The lowest BCUT2D eigenvalue weighted by Gasteiger charge is -2.30. The van der Waals surface area contributed by atoms with Gasteiger partial charge in [-0.25, -0.2) is 9.63 Å². The SMILES string of the molecule is CCc1cccc(C(=O)O[N+](=O)[O-])c1N(Cc1ccc(-c2ccccc2)c(C#N)c1)C(=O)OC(C)(C)C. The van der Waals surface area contributed by atoms with E-state index in [4.69, 9.17) is 4.74 Å². The number of carbonyl (C=O) groups is 2. The summed E-state index contributed by atoms with van der Waals surface area (Å²) in [5.74, 6) is -1.21. The van der Waals surface area contributed by atoms with Gasteiger partial charge < -0.3 is 4.74 Å². The van der Waals surface area contributed by atoms with E-state index in [0.717, 1.165) is 11.1 Å². The predicted molar refractivity (Wildman–Crippen MR) is 137 cm³/mol. The number of benzene rings is 3. The molecular formula is C28H27N3O6. The van der Waals surface area contributed by atoms with Crippen LogP contribution in [-0.2, 0) is 22.5 Å². The molecule has 1 amide bonds. The number of nitriles is 1. The molecule has 0 heterocycles. The maximum Gasteiger partial charge on any atom is 0.415 e. The molecule has 3 rings (SSSR count). The van der Waals surface area contributed by atoms with E-state index in [1.807, 2.05) is 37.3 Å². The average Bonchev–Trinajstić information content (AvgIpc) is 2.85. The second-order valence-corrected chi connectivity index (χ2v) is 9.19. The Morgan fingerprint density at radius 2 is 1.76 bits per heavy atom. The smallest absolute Gasteiger partial charge is 0.415 e. The first-order valence-corrected chi connectivity index (χ1v) is 11.6. The Hall–Kier alpha value is -4.71. The monoisotopic (exact) mass is 501 g/mol. The van der Waals surface area contributed by atoms with Gasteiger partial charge in [0, 0.05) is 0 Å². The van der Waals surface area contributed by atoms with Crippen LogP contribution in [0, 0.1) is 21.4 Å². The molecule has 0 spiro atoms. The van der Waals surface area contributed by atoms with E-state index in [1.54, 1.807) is 51.1 Å². The molecule has 0 aliphatic rings. The van der Waals surface area contributed by atoms with Gasteiger partial charge in [-0.15, -0.1) is 10.1 Å². The van der Waals surface area contributed by atoms with Crippen molar-refractivity contribution < 1.29 is 24.3 Å². The van der Waals surface area contributed by atoms with Crippen LogP contribution in [0.5, 0.6) is 0 Å². The standard InChI is InChI=1S/C28H27N3O6/c1-5-20-12-9-13-24(26(32)37-31(34)35)25(20)30(27(33)36-28(2,3)4)18-19-14-15-23(22(16-19)17-29)21-10-7-6-8-11-21/h6-16H,5,18H2,1-4H3. The molecule has 0 aromatic heterocycles. The first kappa shape index (κ1) is 26.9. The lowest BCUT2D eigenvalue weighted by atomic mass is 9.97. The lowest BCUT2D eigenvalue weighted by Crippen LogP contribution is -2.38. The molecule has 3 aromatic carbocycles. The van der Waals surface area contributed by atoms with Crippen LogP contribution < -0.4 is 4.90 Å². The summed E-state index contributed by atoms with van der Waals surface area (Å²) in [5, 5.41) is 19.5. The Balaban J connectivity index is 2.13. The van der Waals surface area contributed by atoms with Crippen molar-refractivity contribution in [2.24, 2.45) is 0 Å². The number of hydrogen-bond donors (Lipinski definition) is 0. The van der Waals surface area contributed by atoms with E-state index in [9.17, 15) is 25.0 Å². The zero-order valence-electron chi connectivity index (χ0n) is 21.1. The number of hydrogen-bond acceptors (Lipinski definition) is 7. The highest BCUT2D eigenvalue weighted by atomic mass is 17.0. The highest BCUT2D eigenvalue weighted by Crippen LogP contribution is 2.32. The first-order valence-electron chi connectivity index (χ1n) is 11.6. The molecule has 3 aromatic rings. The van der Waals surface area contributed by atoms with Gasteiger partial charge >= 0.3 is 17.1 Å². The molecule has 0 unspecified atom stereocenters. The number of aryl methyl sites for hydroxylation is 1. The van der Waals surface area contributed by atoms with Gasteiger partial charge in [-0.1, -0.05) is 61.5 Å². The fourth-order valence-corrected chi connectivity index (χ4v) is 3.86. The molecule has 0 bridgehead atoms. The molecule has 0 N–H and O–H groups in total. The molecular weight excluding hydrogens is 474 g/mol. The topological polar surface area (TPSA) is 123 Å². The number of nitrogens with zero attached hydrogens (tertiary/aromatic N) is 3. The molecule has 9 nitrogen and oxygen atoms in total. The summed E-state index contributed by atoms with van der Waals surface area (Å²) in [4.78, 5) is 42.4. The summed E-state index contributed by atoms with van der Waals surface area (Å²) in [6, 6.07) is 21.5. The van der Waals surface area contributed by atoms with Gasteiger partial charge in [-0.2, -0.15) is 5.26 Å². The van der Waals surface area contributed by atoms with Crippen LogP contribution in [0.25, 0.3) is 11.1 Å². The van der Waals surface area contributed by atoms with Gasteiger partial charge in [-0.3, -0.25) is 9.69 Å². The van der Waals surface area contributed by atoms with E-state index in [1.165, 1.54) is 11.0 Å². The lowest BCUT2D eigenvalue weighted by molar-refractivity contribution is -0.727. The molecule has 9 heteroatoms.